The number of carbonyl (C=O) groups excluding carboxylic acids is 1. The molecule has 4 nitrogen and oxygen atoms in total. The van der Waals surface area contributed by atoms with Gasteiger partial charge in [-0.2, -0.15) is 0 Å². The summed E-state index contributed by atoms with van der Waals surface area (Å²) in [5.74, 6) is 0.483. The topological polar surface area (TPSA) is 36.4 Å². The molecule has 30 heavy (non-hydrogen) atoms. The van der Waals surface area contributed by atoms with E-state index in [2.05, 4.69) is 11.0 Å². The highest BCUT2D eigenvalue weighted by atomic mass is 35.5. The van der Waals surface area contributed by atoms with Crippen LogP contribution in [0.3, 0.4) is 0 Å². The normalized spacial score (nSPS) is 11.0. The smallest absolute Gasteiger partial charge is 0.229 e. The minimum Gasteiger partial charge on any atom is -0.309 e. The highest BCUT2D eigenvalue weighted by Gasteiger charge is 2.20. The first-order chi connectivity index (χ1) is 13.9. The average molecular weight is 468 g/mol. The van der Waals surface area contributed by atoms with Crippen molar-refractivity contribution < 1.29 is 9.18 Å². The number of amides is 1. The summed E-state index contributed by atoms with van der Waals surface area (Å²) in [6.07, 6.45) is 1.30. The van der Waals surface area contributed by atoms with Crippen LogP contribution in [0.1, 0.15) is 18.4 Å². The molecular formula is C22H27ClFN3OS2. The summed E-state index contributed by atoms with van der Waals surface area (Å²) < 4.78 is 14.1. The van der Waals surface area contributed by atoms with Crippen LogP contribution in [-0.4, -0.2) is 48.7 Å². The standard InChI is InChI=1S/C22H26FN3OS2.ClH/c1-16-6-4-7-19-21(16)24-22(29-19)26(14-5-13-25(2)3)20(27)12-15-28-18-10-8-17(23)9-11-18;/h4,6-11H,5,12-15H2,1-3H3;1H. The molecule has 0 atom stereocenters. The second kappa shape index (κ2) is 11.6. The third-order valence-corrected chi connectivity index (χ3v) is 6.58. The number of rotatable bonds is 9. The first-order valence-electron chi connectivity index (χ1n) is 9.63. The van der Waals surface area contributed by atoms with E-state index in [0.717, 1.165) is 38.8 Å². The number of anilines is 1. The van der Waals surface area contributed by atoms with Gasteiger partial charge in [0.05, 0.1) is 10.2 Å². The van der Waals surface area contributed by atoms with Crippen molar-refractivity contribution in [2.24, 2.45) is 0 Å². The number of thiazole rings is 1. The SMILES string of the molecule is Cc1cccc2sc(N(CCCN(C)C)C(=O)CCSc3ccc(F)cc3)nc12.Cl. The van der Waals surface area contributed by atoms with E-state index >= 15 is 0 Å². The molecule has 1 aromatic heterocycles. The number of aromatic nitrogens is 1. The van der Waals surface area contributed by atoms with Gasteiger partial charge in [0.2, 0.25) is 5.91 Å². The summed E-state index contributed by atoms with van der Waals surface area (Å²) in [7, 11) is 4.07. The zero-order valence-electron chi connectivity index (χ0n) is 17.4. The minimum absolute atomic E-state index is 0. The van der Waals surface area contributed by atoms with E-state index < -0.39 is 0 Å². The lowest BCUT2D eigenvalue weighted by atomic mass is 10.2. The summed E-state index contributed by atoms with van der Waals surface area (Å²) in [5.41, 5.74) is 2.09. The predicted molar refractivity (Wildman–Crippen MR) is 129 cm³/mol. The molecule has 0 aliphatic heterocycles. The highest BCUT2D eigenvalue weighted by Crippen LogP contribution is 2.31. The summed E-state index contributed by atoms with van der Waals surface area (Å²) in [6, 6.07) is 12.5. The third-order valence-electron chi connectivity index (χ3n) is 4.53. The Balaban J connectivity index is 0.00000320. The predicted octanol–water partition coefficient (Wildman–Crippen LogP) is 5.63. The van der Waals surface area contributed by atoms with E-state index in [9.17, 15) is 9.18 Å². The number of nitrogens with zero attached hydrogens (tertiary/aromatic N) is 3. The summed E-state index contributed by atoms with van der Waals surface area (Å²) >= 11 is 3.14. The Labute approximate surface area is 191 Å². The van der Waals surface area contributed by atoms with Crippen LogP contribution in [0.4, 0.5) is 9.52 Å². The van der Waals surface area contributed by atoms with Gasteiger partial charge in [-0.15, -0.1) is 24.2 Å². The second-order valence-corrected chi connectivity index (χ2v) is 9.35. The monoisotopic (exact) mass is 467 g/mol. The quantitative estimate of drug-likeness (QED) is 0.382. The molecule has 0 aliphatic carbocycles. The molecule has 0 spiro atoms. The van der Waals surface area contributed by atoms with Crippen molar-refractivity contribution in [2.45, 2.75) is 24.7 Å². The van der Waals surface area contributed by atoms with E-state index in [1.54, 1.807) is 35.2 Å². The van der Waals surface area contributed by atoms with Crippen molar-refractivity contribution in [3.05, 3.63) is 53.8 Å². The summed E-state index contributed by atoms with van der Waals surface area (Å²) in [6.45, 7) is 3.61. The zero-order chi connectivity index (χ0) is 20.8. The number of thioether (sulfide) groups is 1. The van der Waals surface area contributed by atoms with Crippen LogP contribution < -0.4 is 4.90 Å². The maximum atomic E-state index is 13.0. The molecular weight excluding hydrogens is 441 g/mol. The van der Waals surface area contributed by atoms with Crippen LogP contribution in [0.5, 0.6) is 0 Å². The van der Waals surface area contributed by atoms with E-state index in [1.165, 1.54) is 12.1 Å². The number of halogens is 2. The summed E-state index contributed by atoms with van der Waals surface area (Å²) in [4.78, 5) is 22.7. The molecule has 0 saturated carbocycles. The van der Waals surface area contributed by atoms with E-state index in [4.69, 9.17) is 4.98 Å². The van der Waals surface area contributed by atoms with Crippen molar-refractivity contribution in [1.29, 1.82) is 0 Å². The van der Waals surface area contributed by atoms with Gasteiger partial charge < -0.3 is 4.90 Å². The Hall–Kier alpha value is -1.67. The molecule has 2 aromatic carbocycles. The van der Waals surface area contributed by atoms with Crippen LogP contribution in [0.25, 0.3) is 10.2 Å². The molecule has 3 aromatic rings. The van der Waals surface area contributed by atoms with Gasteiger partial charge in [-0.1, -0.05) is 23.5 Å². The van der Waals surface area contributed by atoms with Crippen molar-refractivity contribution >= 4 is 56.8 Å². The van der Waals surface area contributed by atoms with Crippen molar-refractivity contribution in [2.75, 3.05) is 37.8 Å². The van der Waals surface area contributed by atoms with Gasteiger partial charge in [-0.05, 0) is 69.9 Å². The molecule has 0 bridgehead atoms. The van der Waals surface area contributed by atoms with Crippen LogP contribution in [-0.2, 0) is 4.79 Å². The fourth-order valence-electron chi connectivity index (χ4n) is 2.98. The Kier molecular flexibility index (Phi) is 9.55. The Morgan fingerprint density at radius 3 is 2.53 bits per heavy atom. The molecule has 8 heteroatoms. The molecule has 0 aliphatic rings. The molecule has 0 saturated heterocycles. The highest BCUT2D eigenvalue weighted by molar-refractivity contribution is 7.99. The minimum atomic E-state index is -0.247. The number of carbonyl (C=O) groups is 1. The molecule has 1 amide bonds. The average Bonchev–Trinajstić information content (AvgIpc) is 3.12. The van der Waals surface area contributed by atoms with Crippen LogP contribution in [0.2, 0.25) is 0 Å². The number of hydrogen-bond donors (Lipinski definition) is 0. The third kappa shape index (κ3) is 6.67. The molecule has 3 rings (SSSR count). The van der Waals surface area contributed by atoms with Gasteiger partial charge in [0.15, 0.2) is 5.13 Å². The second-order valence-electron chi connectivity index (χ2n) is 7.17. The number of benzene rings is 2. The van der Waals surface area contributed by atoms with Gasteiger partial charge in [0.1, 0.15) is 5.82 Å². The molecule has 162 valence electrons. The lowest BCUT2D eigenvalue weighted by molar-refractivity contribution is -0.118. The maximum Gasteiger partial charge on any atom is 0.229 e. The molecule has 0 unspecified atom stereocenters. The molecule has 0 N–H and O–H groups in total. The number of para-hydroxylation sites is 1. The maximum absolute atomic E-state index is 13.0. The number of hydrogen-bond acceptors (Lipinski definition) is 5. The Bertz CT molecular complexity index is 963. The lowest BCUT2D eigenvalue weighted by Gasteiger charge is -2.21. The first kappa shape index (κ1) is 24.6. The number of aryl methyl sites for hydroxylation is 1. The van der Waals surface area contributed by atoms with Crippen molar-refractivity contribution in [1.82, 2.24) is 9.88 Å². The van der Waals surface area contributed by atoms with Gasteiger partial charge >= 0.3 is 0 Å². The fourth-order valence-corrected chi connectivity index (χ4v) is 4.91. The zero-order valence-corrected chi connectivity index (χ0v) is 19.9. The van der Waals surface area contributed by atoms with Crippen LogP contribution >= 0.6 is 35.5 Å². The Morgan fingerprint density at radius 2 is 1.87 bits per heavy atom. The van der Waals surface area contributed by atoms with Gasteiger partial charge in [0.25, 0.3) is 0 Å². The largest absolute Gasteiger partial charge is 0.309 e. The van der Waals surface area contributed by atoms with E-state index in [1.807, 2.05) is 38.1 Å². The molecule has 0 radical (unpaired) electrons. The van der Waals surface area contributed by atoms with Crippen molar-refractivity contribution in [3.63, 3.8) is 0 Å². The molecule has 0 fully saturated rings. The van der Waals surface area contributed by atoms with Gasteiger partial charge in [0, 0.05) is 23.6 Å². The van der Waals surface area contributed by atoms with Gasteiger partial charge in [-0.25, -0.2) is 9.37 Å². The van der Waals surface area contributed by atoms with Gasteiger partial charge in [-0.3, -0.25) is 9.69 Å². The Morgan fingerprint density at radius 1 is 1.13 bits per heavy atom. The molecule has 1 heterocycles. The van der Waals surface area contributed by atoms with E-state index in [-0.39, 0.29) is 24.1 Å². The first-order valence-corrected chi connectivity index (χ1v) is 11.4. The summed E-state index contributed by atoms with van der Waals surface area (Å²) in [5, 5.41) is 0.768. The lowest BCUT2D eigenvalue weighted by Crippen LogP contribution is -2.33. The van der Waals surface area contributed by atoms with E-state index in [0.29, 0.717) is 18.7 Å². The van der Waals surface area contributed by atoms with Crippen molar-refractivity contribution in [3.8, 4) is 0 Å². The fraction of sp³-hybridized carbons (Fsp3) is 0.364. The van der Waals surface area contributed by atoms with Crippen LogP contribution in [0.15, 0.2) is 47.4 Å². The number of fused-ring (bicyclic) bond motifs is 1. The van der Waals surface area contributed by atoms with Crippen LogP contribution in [0, 0.1) is 12.7 Å².